The molecule has 3 nitrogen and oxygen atoms in total. The normalized spacial score (nSPS) is 11.9. The molecule has 1 amide bonds. The average Bonchev–Trinajstić information content (AvgIpc) is 2.44. The molecule has 1 N–H and O–H groups in total. The maximum absolute atomic E-state index is 11.9. The number of amides is 1. The smallest absolute Gasteiger partial charge is 0.244 e. The molecule has 0 aliphatic heterocycles. The zero-order valence-electron chi connectivity index (χ0n) is 12.2. The Balaban J connectivity index is 2.20. The molecular weight excluding hydrogens is 248 g/mol. The van der Waals surface area contributed by atoms with Gasteiger partial charge < -0.3 is 5.32 Å². The largest absolute Gasteiger partial charge is 0.348 e. The molecule has 0 saturated carbocycles. The van der Waals surface area contributed by atoms with Crippen LogP contribution in [-0.4, -0.2) is 16.4 Å². The van der Waals surface area contributed by atoms with E-state index in [0.717, 1.165) is 22.9 Å². The number of nitrogens with zero attached hydrogens (tertiary/aromatic N) is 1. The van der Waals surface area contributed by atoms with Gasteiger partial charge in [-0.05, 0) is 32.4 Å². The Morgan fingerprint density at radius 2 is 2.05 bits per heavy atom. The Kier molecular flexibility index (Phi) is 4.18. The lowest BCUT2D eigenvalue weighted by atomic mass is 10.0. The number of hydrogen-bond donors (Lipinski definition) is 1. The van der Waals surface area contributed by atoms with Crippen molar-refractivity contribution < 1.29 is 4.79 Å². The van der Waals surface area contributed by atoms with Gasteiger partial charge in [-0.15, -0.1) is 0 Å². The zero-order chi connectivity index (χ0) is 14.6. The van der Waals surface area contributed by atoms with Crippen LogP contribution in [0.25, 0.3) is 17.0 Å². The number of aromatic nitrogens is 1. The molecule has 0 fully saturated rings. The van der Waals surface area contributed by atoms with Gasteiger partial charge in [0.15, 0.2) is 0 Å². The Labute approximate surface area is 119 Å². The maximum atomic E-state index is 11.9. The molecule has 0 bridgehead atoms. The molecule has 2 aromatic rings. The van der Waals surface area contributed by atoms with Crippen LogP contribution in [0.1, 0.15) is 32.8 Å². The highest BCUT2D eigenvalue weighted by Crippen LogP contribution is 2.17. The standard InChI is InChI=1S/C17H20N2O/c1-4-17(2,3)19-15(20)11-10-14-8-5-7-13-9-6-12-18-16(13)14/h5-12H,4H2,1-3H3,(H,19,20). The summed E-state index contributed by atoms with van der Waals surface area (Å²) in [7, 11) is 0. The van der Waals surface area contributed by atoms with Crippen molar-refractivity contribution in [3.63, 3.8) is 0 Å². The second-order valence-corrected chi connectivity index (χ2v) is 5.48. The van der Waals surface area contributed by atoms with Crippen molar-refractivity contribution in [1.82, 2.24) is 10.3 Å². The summed E-state index contributed by atoms with van der Waals surface area (Å²) in [6, 6.07) is 9.87. The van der Waals surface area contributed by atoms with E-state index in [-0.39, 0.29) is 11.4 Å². The van der Waals surface area contributed by atoms with E-state index in [1.54, 1.807) is 12.3 Å². The number of benzene rings is 1. The molecule has 0 saturated heterocycles. The molecular formula is C17H20N2O. The quantitative estimate of drug-likeness (QED) is 0.862. The number of rotatable bonds is 4. The first-order chi connectivity index (χ1) is 9.52. The van der Waals surface area contributed by atoms with E-state index in [2.05, 4.69) is 17.2 Å². The molecule has 1 aromatic heterocycles. The van der Waals surface area contributed by atoms with E-state index in [9.17, 15) is 4.79 Å². The number of pyridine rings is 1. The van der Waals surface area contributed by atoms with Crippen molar-refractivity contribution >= 4 is 22.9 Å². The van der Waals surface area contributed by atoms with E-state index in [4.69, 9.17) is 0 Å². The molecule has 0 radical (unpaired) electrons. The molecule has 1 aromatic carbocycles. The fraction of sp³-hybridized carbons (Fsp3) is 0.294. The molecule has 3 heteroatoms. The average molecular weight is 268 g/mol. The molecule has 20 heavy (non-hydrogen) atoms. The summed E-state index contributed by atoms with van der Waals surface area (Å²) in [5, 5.41) is 4.05. The van der Waals surface area contributed by atoms with Gasteiger partial charge in [-0.25, -0.2) is 0 Å². The fourth-order valence-electron chi connectivity index (χ4n) is 1.89. The van der Waals surface area contributed by atoms with Gasteiger partial charge in [0.1, 0.15) is 0 Å². The minimum atomic E-state index is -0.182. The highest BCUT2D eigenvalue weighted by atomic mass is 16.1. The number of fused-ring (bicyclic) bond motifs is 1. The second-order valence-electron chi connectivity index (χ2n) is 5.48. The molecule has 2 rings (SSSR count). The van der Waals surface area contributed by atoms with E-state index in [1.807, 2.05) is 50.3 Å². The van der Waals surface area contributed by atoms with Gasteiger partial charge in [-0.1, -0.05) is 31.2 Å². The summed E-state index contributed by atoms with van der Waals surface area (Å²) < 4.78 is 0. The fourth-order valence-corrected chi connectivity index (χ4v) is 1.89. The number of para-hydroxylation sites is 1. The number of hydrogen-bond acceptors (Lipinski definition) is 2. The Hall–Kier alpha value is -2.16. The first-order valence-electron chi connectivity index (χ1n) is 6.86. The van der Waals surface area contributed by atoms with Crippen molar-refractivity contribution in [1.29, 1.82) is 0 Å². The van der Waals surface area contributed by atoms with Gasteiger partial charge in [-0.2, -0.15) is 0 Å². The van der Waals surface area contributed by atoms with Gasteiger partial charge in [0.05, 0.1) is 5.52 Å². The van der Waals surface area contributed by atoms with Crippen molar-refractivity contribution in [3.05, 3.63) is 48.2 Å². The van der Waals surface area contributed by atoms with Gasteiger partial charge in [0, 0.05) is 28.8 Å². The Morgan fingerprint density at radius 1 is 1.30 bits per heavy atom. The van der Waals surface area contributed by atoms with Crippen LogP contribution in [0, 0.1) is 0 Å². The van der Waals surface area contributed by atoms with Crippen molar-refractivity contribution in [2.24, 2.45) is 0 Å². The summed E-state index contributed by atoms with van der Waals surface area (Å²) in [5.41, 5.74) is 1.68. The predicted octanol–water partition coefficient (Wildman–Crippen LogP) is 3.55. The molecule has 0 spiro atoms. The minimum Gasteiger partial charge on any atom is -0.348 e. The first-order valence-corrected chi connectivity index (χ1v) is 6.86. The van der Waals surface area contributed by atoms with Crippen LogP contribution in [0.4, 0.5) is 0 Å². The lowest BCUT2D eigenvalue weighted by molar-refractivity contribution is -0.117. The van der Waals surface area contributed by atoms with Crippen LogP contribution in [-0.2, 0) is 4.79 Å². The summed E-state index contributed by atoms with van der Waals surface area (Å²) in [4.78, 5) is 16.3. The van der Waals surface area contributed by atoms with Crippen LogP contribution in [0.15, 0.2) is 42.6 Å². The van der Waals surface area contributed by atoms with Crippen molar-refractivity contribution in [2.45, 2.75) is 32.7 Å². The third-order valence-electron chi connectivity index (χ3n) is 3.42. The SMILES string of the molecule is CCC(C)(C)NC(=O)C=Cc1cccc2cccnc12. The number of nitrogens with one attached hydrogen (secondary N) is 1. The Morgan fingerprint density at radius 3 is 2.80 bits per heavy atom. The summed E-state index contributed by atoms with van der Waals surface area (Å²) >= 11 is 0. The van der Waals surface area contributed by atoms with Gasteiger partial charge >= 0.3 is 0 Å². The predicted molar refractivity (Wildman–Crippen MR) is 83.3 cm³/mol. The van der Waals surface area contributed by atoms with Crippen LogP contribution >= 0.6 is 0 Å². The van der Waals surface area contributed by atoms with Gasteiger partial charge in [0.2, 0.25) is 5.91 Å². The van der Waals surface area contributed by atoms with Crippen LogP contribution in [0.2, 0.25) is 0 Å². The van der Waals surface area contributed by atoms with Gasteiger partial charge in [-0.3, -0.25) is 9.78 Å². The third-order valence-corrected chi connectivity index (χ3v) is 3.42. The third kappa shape index (κ3) is 3.44. The van der Waals surface area contributed by atoms with E-state index >= 15 is 0 Å². The number of carbonyl (C=O) groups excluding carboxylic acids is 1. The number of carbonyl (C=O) groups is 1. The van der Waals surface area contributed by atoms with E-state index < -0.39 is 0 Å². The zero-order valence-corrected chi connectivity index (χ0v) is 12.2. The van der Waals surface area contributed by atoms with Crippen LogP contribution in [0.5, 0.6) is 0 Å². The minimum absolute atomic E-state index is 0.0789. The van der Waals surface area contributed by atoms with Crippen LogP contribution < -0.4 is 5.32 Å². The lowest BCUT2D eigenvalue weighted by Gasteiger charge is -2.23. The van der Waals surface area contributed by atoms with Crippen LogP contribution in [0.3, 0.4) is 0 Å². The molecule has 0 aliphatic carbocycles. The highest BCUT2D eigenvalue weighted by molar-refractivity contribution is 5.95. The molecule has 0 unspecified atom stereocenters. The molecule has 0 atom stereocenters. The highest BCUT2D eigenvalue weighted by Gasteiger charge is 2.15. The summed E-state index contributed by atoms with van der Waals surface area (Å²) in [6.45, 7) is 6.08. The summed E-state index contributed by atoms with van der Waals surface area (Å²) in [6.07, 6.45) is 6.04. The molecule has 0 aliphatic rings. The molecule has 104 valence electrons. The van der Waals surface area contributed by atoms with E-state index in [1.165, 1.54) is 0 Å². The van der Waals surface area contributed by atoms with Crippen molar-refractivity contribution in [3.8, 4) is 0 Å². The van der Waals surface area contributed by atoms with Gasteiger partial charge in [0.25, 0.3) is 0 Å². The Bertz CT molecular complexity index is 639. The first kappa shape index (κ1) is 14.3. The summed E-state index contributed by atoms with van der Waals surface area (Å²) in [5.74, 6) is -0.0789. The maximum Gasteiger partial charge on any atom is 0.244 e. The lowest BCUT2D eigenvalue weighted by Crippen LogP contribution is -2.41. The monoisotopic (exact) mass is 268 g/mol. The topological polar surface area (TPSA) is 42.0 Å². The van der Waals surface area contributed by atoms with E-state index in [0.29, 0.717) is 0 Å². The van der Waals surface area contributed by atoms with Crippen molar-refractivity contribution in [2.75, 3.05) is 0 Å². The second kappa shape index (κ2) is 5.87. The molecule has 1 heterocycles.